The molecule has 1 aliphatic heterocycles. The summed E-state index contributed by atoms with van der Waals surface area (Å²) in [6, 6.07) is 27.9. The number of aryl methyl sites for hydroxylation is 1. The van der Waals surface area contributed by atoms with Gasteiger partial charge in [0, 0.05) is 11.8 Å². The first-order valence-corrected chi connectivity index (χ1v) is 13.2. The van der Waals surface area contributed by atoms with Gasteiger partial charge >= 0.3 is 6.03 Å². The monoisotopic (exact) mass is 519 g/mol. The molecule has 0 saturated heterocycles. The predicted octanol–water partition coefficient (Wildman–Crippen LogP) is 7.37. The van der Waals surface area contributed by atoms with E-state index >= 15 is 0 Å². The van der Waals surface area contributed by atoms with Crippen LogP contribution in [0.2, 0.25) is 0 Å². The molecule has 0 aliphatic carbocycles. The largest absolute Gasteiger partial charge is 0.323 e. The Bertz CT molecular complexity index is 1640. The Morgan fingerprint density at radius 1 is 0.949 bits per heavy atom. The van der Waals surface area contributed by atoms with Gasteiger partial charge in [0.2, 0.25) is 0 Å². The van der Waals surface area contributed by atoms with Gasteiger partial charge in [-0.25, -0.2) is 13.9 Å². The molecule has 196 valence electrons. The van der Waals surface area contributed by atoms with Crippen LogP contribution in [0.1, 0.15) is 53.9 Å². The highest BCUT2D eigenvalue weighted by Crippen LogP contribution is 2.39. The van der Waals surface area contributed by atoms with Gasteiger partial charge in [-0.2, -0.15) is 5.10 Å². The van der Waals surface area contributed by atoms with E-state index in [4.69, 9.17) is 5.10 Å². The average molecular weight is 520 g/mol. The van der Waals surface area contributed by atoms with E-state index in [2.05, 4.69) is 48.0 Å². The Labute approximate surface area is 227 Å². The molecule has 1 N–H and O–H groups in total. The van der Waals surface area contributed by atoms with Crippen molar-refractivity contribution in [3.8, 4) is 11.5 Å². The maximum atomic E-state index is 14.6. The van der Waals surface area contributed by atoms with E-state index in [-0.39, 0.29) is 11.7 Å². The molecule has 0 fully saturated rings. The van der Waals surface area contributed by atoms with Gasteiger partial charge in [0.15, 0.2) is 0 Å². The molecular formula is C32H30FN5O. The highest BCUT2D eigenvalue weighted by atomic mass is 19.1. The van der Waals surface area contributed by atoms with Gasteiger partial charge < -0.3 is 14.8 Å². The van der Waals surface area contributed by atoms with Crippen LogP contribution < -0.4 is 5.32 Å². The van der Waals surface area contributed by atoms with Crippen molar-refractivity contribution in [1.82, 2.24) is 19.2 Å². The summed E-state index contributed by atoms with van der Waals surface area (Å²) in [7, 11) is 0. The van der Waals surface area contributed by atoms with Gasteiger partial charge in [-0.1, -0.05) is 68.4 Å². The van der Waals surface area contributed by atoms with Crippen LogP contribution in [0.5, 0.6) is 0 Å². The Balaban J connectivity index is 1.53. The fourth-order valence-corrected chi connectivity index (χ4v) is 5.31. The van der Waals surface area contributed by atoms with Crippen LogP contribution in [0.4, 0.5) is 14.9 Å². The Morgan fingerprint density at radius 3 is 2.38 bits per heavy atom. The Kier molecular flexibility index (Phi) is 6.27. The number of nitrogens with zero attached hydrogens (tertiary/aromatic N) is 4. The van der Waals surface area contributed by atoms with E-state index in [9.17, 15) is 9.18 Å². The average Bonchev–Trinajstić information content (AvgIpc) is 3.51. The minimum absolute atomic E-state index is 0.146. The third-order valence-corrected chi connectivity index (χ3v) is 7.38. The first-order valence-electron chi connectivity index (χ1n) is 13.2. The van der Waals surface area contributed by atoms with Crippen molar-refractivity contribution in [3.05, 3.63) is 131 Å². The second-order valence-electron chi connectivity index (χ2n) is 10.2. The van der Waals surface area contributed by atoms with Crippen LogP contribution in [0.15, 0.2) is 97.2 Å². The van der Waals surface area contributed by atoms with Crippen molar-refractivity contribution in [2.45, 2.75) is 39.3 Å². The summed E-state index contributed by atoms with van der Waals surface area (Å²) >= 11 is 0. The number of rotatable bonds is 4. The summed E-state index contributed by atoms with van der Waals surface area (Å²) in [5.41, 5.74) is 5.96. The molecule has 1 unspecified atom stereocenters. The Morgan fingerprint density at radius 2 is 1.67 bits per heavy atom. The van der Waals surface area contributed by atoms with Crippen molar-refractivity contribution < 1.29 is 9.18 Å². The number of urea groups is 1. The van der Waals surface area contributed by atoms with Gasteiger partial charge in [-0.05, 0) is 60.4 Å². The van der Waals surface area contributed by atoms with Crippen molar-refractivity contribution in [2.24, 2.45) is 0 Å². The minimum atomic E-state index is -0.476. The van der Waals surface area contributed by atoms with Crippen LogP contribution in [0.25, 0.3) is 11.5 Å². The summed E-state index contributed by atoms with van der Waals surface area (Å²) in [5, 5.41) is 7.71. The number of aromatic nitrogens is 3. The molecule has 0 saturated carbocycles. The molecule has 2 amide bonds. The number of carbonyl (C=O) groups is 1. The fraction of sp³-hybridized carbons (Fsp3) is 0.188. The number of fused-ring (bicyclic) bond motifs is 3. The molecule has 39 heavy (non-hydrogen) atoms. The quantitative estimate of drug-likeness (QED) is 0.270. The second kappa shape index (κ2) is 9.91. The molecule has 3 heterocycles. The molecule has 1 aliphatic rings. The summed E-state index contributed by atoms with van der Waals surface area (Å²) in [6.07, 6.45) is 2.02. The maximum Gasteiger partial charge on any atom is 0.323 e. The molecule has 7 heteroatoms. The van der Waals surface area contributed by atoms with Crippen LogP contribution in [0.3, 0.4) is 0 Å². The van der Waals surface area contributed by atoms with Crippen LogP contribution >= 0.6 is 0 Å². The van der Waals surface area contributed by atoms with Gasteiger partial charge in [0.05, 0.1) is 35.3 Å². The number of hydrogen-bond acceptors (Lipinski definition) is 2. The van der Waals surface area contributed by atoms with Crippen molar-refractivity contribution in [2.75, 3.05) is 5.32 Å². The molecule has 6 nitrogen and oxygen atoms in total. The van der Waals surface area contributed by atoms with Crippen molar-refractivity contribution in [3.63, 3.8) is 0 Å². The first-order chi connectivity index (χ1) is 18.9. The molecule has 6 rings (SSSR count). The molecule has 0 radical (unpaired) electrons. The molecule has 0 spiro atoms. The standard InChI is InChI=1S/C32H30FN5O/c1-21(2)23-15-17-24(18-16-23)30-29-14-9-19-36(29)31-26(22(3)35-38(31)25-10-5-4-6-11-25)20-37(30)32(39)34-28-13-8-7-12-27(28)33/h4-19,21,30H,20H2,1-3H3,(H,34,39). The Hall–Kier alpha value is -4.65. The van der Waals surface area contributed by atoms with Gasteiger partial charge in [0.1, 0.15) is 11.6 Å². The second-order valence-corrected chi connectivity index (χ2v) is 10.2. The van der Waals surface area contributed by atoms with Crippen LogP contribution in [0, 0.1) is 12.7 Å². The highest BCUT2D eigenvalue weighted by molar-refractivity contribution is 5.90. The van der Waals surface area contributed by atoms with Gasteiger partial charge in [-0.15, -0.1) is 0 Å². The molecule has 0 bridgehead atoms. The number of benzene rings is 3. The summed E-state index contributed by atoms with van der Waals surface area (Å²) in [5.74, 6) is 0.806. The summed E-state index contributed by atoms with van der Waals surface area (Å²) < 4.78 is 18.6. The van der Waals surface area contributed by atoms with Crippen molar-refractivity contribution >= 4 is 11.7 Å². The normalized spacial score (nSPS) is 14.6. The molecule has 2 aromatic heterocycles. The van der Waals surface area contributed by atoms with Gasteiger partial charge in [-0.3, -0.25) is 0 Å². The minimum Gasteiger partial charge on any atom is -0.307 e. The van der Waals surface area contributed by atoms with Gasteiger partial charge in [0.25, 0.3) is 0 Å². The topological polar surface area (TPSA) is 55.1 Å². The van der Waals surface area contributed by atoms with E-state index in [0.29, 0.717) is 12.5 Å². The SMILES string of the molecule is Cc1nn(-c2ccccc2)c2c1CN(C(=O)Nc1ccccc1F)C(c1ccc(C(C)C)cc1)c1cccn1-2. The van der Waals surface area contributed by atoms with E-state index in [1.807, 2.05) is 60.3 Å². The van der Waals surface area contributed by atoms with E-state index in [1.165, 1.54) is 11.6 Å². The summed E-state index contributed by atoms with van der Waals surface area (Å²) in [6.45, 7) is 6.59. The van der Waals surface area contributed by atoms with Crippen LogP contribution in [-0.4, -0.2) is 25.3 Å². The van der Waals surface area contributed by atoms with E-state index in [1.54, 1.807) is 23.1 Å². The summed E-state index contributed by atoms with van der Waals surface area (Å²) in [4.78, 5) is 15.7. The highest BCUT2D eigenvalue weighted by Gasteiger charge is 2.36. The number of halogens is 1. The molecular weight excluding hydrogens is 489 g/mol. The number of amides is 2. The smallest absolute Gasteiger partial charge is 0.307 e. The lowest BCUT2D eigenvalue weighted by Gasteiger charge is -2.31. The van der Waals surface area contributed by atoms with Crippen LogP contribution in [-0.2, 0) is 6.54 Å². The molecule has 5 aromatic rings. The third kappa shape index (κ3) is 4.40. The number of carbonyl (C=O) groups excluding carboxylic acids is 1. The number of anilines is 1. The predicted molar refractivity (Wildman–Crippen MR) is 151 cm³/mol. The lowest BCUT2D eigenvalue weighted by molar-refractivity contribution is 0.194. The van der Waals surface area contributed by atoms with E-state index in [0.717, 1.165) is 34.0 Å². The fourth-order valence-electron chi connectivity index (χ4n) is 5.31. The zero-order valence-corrected chi connectivity index (χ0v) is 22.2. The van der Waals surface area contributed by atoms with E-state index < -0.39 is 11.9 Å². The number of para-hydroxylation sites is 2. The lowest BCUT2D eigenvalue weighted by atomic mass is 9.97. The third-order valence-electron chi connectivity index (χ3n) is 7.38. The first kappa shape index (κ1) is 24.7. The van der Waals surface area contributed by atoms with Crippen molar-refractivity contribution in [1.29, 1.82) is 0 Å². The molecule has 3 aromatic carbocycles. The lowest BCUT2D eigenvalue weighted by Crippen LogP contribution is -2.38. The number of hydrogen-bond donors (Lipinski definition) is 1. The molecule has 1 atom stereocenters. The zero-order valence-electron chi connectivity index (χ0n) is 22.2. The zero-order chi connectivity index (χ0) is 27.1. The number of nitrogens with one attached hydrogen (secondary N) is 1. The maximum absolute atomic E-state index is 14.6.